The molecule has 2 aliphatic heterocycles. The predicted molar refractivity (Wildman–Crippen MR) is 166 cm³/mol. The van der Waals surface area contributed by atoms with Gasteiger partial charge in [0, 0.05) is 29.8 Å². The highest BCUT2D eigenvalue weighted by Crippen LogP contribution is 2.50. The Balaban J connectivity index is 1.54. The van der Waals surface area contributed by atoms with E-state index in [0.717, 1.165) is 29.5 Å². The van der Waals surface area contributed by atoms with Crippen molar-refractivity contribution >= 4 is 41.0 Å². The van der Waals surface area contributed by atoms with Crippen LogP contribution in [0.1, 0.15) is 29.2 Å². The average molecular weight is 603 g/mol. The van der Waals surface area contributed by atoms with Gasteiger partial charge in [0.1, 0.15) is 18.1 Å². The second kappa shape index (κ2) is 12.6. The van der Waals surface area contributed by atoms with Crippen LogP contribution in [-0.2, 0) is 14.3 Å². The molecule has 0 aliphatic carbocycles. The Labute approximate surface area is 253 Å². The lowest BCUT2D eigenvalue weighted by Crippen LogP contribution is -2.44. The number of nitrogens with zero attached hydrogens (tertiary/aromatic N) is 3. The van der Waals surface area contributed by atoms with Crippen LogP contribution in [-0.4, -0.2) is 60.3 Å². The molecule has 42 heavy (non-hydrogen) atoms. The first-order valence-electron chi connectivity index (χ1n) is 13.9. The van der Waals surface area contributed by atoms with E-state index in [0.29, 0.717) is 41.1 Å². The maximum atomic E-state index is 13.9. The zero-order valence-corrected chi connectivity index (χ0v) is 24.7. The van der Waals surface area contributed by atoms with Gasteiger partial charge in [-0.25, -0.2) is 4.68 Å². The van der Waals surface area contributed by atoms with E-state index < -0.39 is 0 Å². The molecular formula is C32H31ClN4O4S. The first kappa shape index (κ1) is 28.3. The fourth-order valence-electron chi connectivity index (χ4n) is 5.48. The molecule has 10 heteroatoms. The number of methoxy groups -OCH3 is 1. The predicted octanol–water partition coefficient (Wildman–Crippen LogP) is 5.67. The van der Waals surface area contributed by atoms with E-state index in [-0.39, 0.29) is 35.5 Å². The summed E-state index contributed by atoms with van der Waals surface area (Å²) < 4.78 is 13.2. The van der Waals surface area contributed by atoms with Crippen molar-refractivity contribution in [3.8, 4) is 22.7 Å². The van der Waals surface area contributed by atoms with Gasteiger partial charge in [0.05, 0.1) is 40.6 Å². The van der Waals surface area contributed by atoms with Crippen molar-refractivity contribution < 1.29 is 19.1 Å². The van der Waals surface area contributed by atoms with Crippen LogP contribution in [0.25, 0.3) is 16.9 Å². The quantitative estimate of drug-likeness (QED) is 0.280. The van der Waals surface area contributed by atoms with Crippen molar-refractivity contribution in [3.63, 3.8) is 0 Å². The smallest absolute Gasteiger partial charge is 0.240 e. The summed E-state index contributed by atoms with van der Waals surface area (Å²) in [4.78, 5) is 28.8. The number of hydrogen-bond donors (Lipinski definition) is 1. The van der Waals surface area contributed by atoms with E-state index in [1.807, 2.05) is 72.8 Å². The van der Waals surface area contributed by atoms with Gasteiger partial charge in [0.2, 0.25) is 11.8 Å². The lowest BCUT2D eigenvalue weighted by atomic mass is 9.99. The van der Waals surface area contributed by atoms with Gasteiger partial charge in [0.15, 0.2) is 0 Å². The topological polar surface area (TPSA) is 85.7 Å². The monoisotopic (exact) mass is 602 g/mol. The minimum Gasteiger partial charge on any atom is -0.496 e. The Hall–Kier alpha value is -3.79. The molecule has 2 atom stereocenters. The molecule has 2 aliphatic rings. The molecule has 6 rings (SSSR count). The number of hydrogen-bond acceptors (Lipinski definition) is 6. The third kappa shape index (κ3) is 5.64. The molecule has 3 heterocycles. The normalized spacial score (nSPS) is 18.4. The van der Waals surface area contributed by atoms with Crippen molar-refractivity contribution in [1.82, 2.24) is 15.1 Å². The maximum Gasteiger partial charge on any atom is 0.240 e. The lowest BCUT2D eigenvalue weighted by Gasteiger charge is -2.24. The minimum atomic E-state index is -0.313. The largest absolute Gasteiger partial charge is 0.496 e. The molecule has 8 nitrogen and oxygen atoms in total. The SMILES string of the molecule is COc1ccccc1C1SCC(=O)N(CC(=O)NCC2CCCO2)c2c1c(-c1ccccc1)nn2-c1ccccc1Cl. The van der Waals surface area contributed by atoms with E-state index in [9.17, 15) is 9.59 Å². The van der Waals surface area contributed by atoms with E-state index >= 15 is 0 Å². The maximum absolute atomic E-state index is 13.9. The standard InChI is InChI=1S/C32H31ClN4O4S/c1-40-26-16-8-5-13-23(26)31-29-30(21-10-3-2-4-11-21)35-37(25-15-7-6-14-24(25)33)32(29)36(28(39)20-42-31)19-27(38)34-18-22-12-9-17-41-22/h2-8,10-11,13-16,22,31H,9,12,17-20H2,1H3,(H,34,38). The van der Waals surface area contributed by atoms with E-state index in [4.69, 9.17) is 26.2 Å². The summed E-state index contributed by atoms with van der Waals surface area (Å²) in [5.41, 5.74) is 3.93. The van der Waals surface area contributed by atoms with Gasteiger partial charge in [-0.3, -0.25) is 14.5 Å². The van der Waals surface area contributed by atoms with Crippen LogP contribution in [0.5, 0.6) is 5.75 Å². The van der Waals surface area contributed by atoms with Crippen LogP contribution in [0.4, 0.5) is 5.82 Å². The number of aromatic nitrogens is 2. The lowest BCUT2D eigenvalue weighted by molar-refractivity contribution is -0.123. The third-order valence-electron chi connectivity index (χ3n) is 7.49. The van der Waals surface area contributed by atoms with Gasteiger partial charge < -0.3 is 14.8 Å². The van der Waals surface area contributed by atoms with Crippen LogP contribution >= 0.6 is 23.4 Å². The van der Waals surface area contributed by atoms with E-state index in [1.54, 1.807) is 22.8 Å². The van der Waals surface area contributed by atoms with E-state index in [2.05, 4.69) is 5.32 Å². The van der Waals surface area contributed by atoms with Crippen LogP contribution in [0.2, 0.25) is 5.02 Å². The number of carbonyl (C=O) groups is 2. The van der Waals surface area contributed by atoms with E-state index in [1.165, 1.54) is 11.8 Å². The summed E-state index contributed by atoms with van der Waals surface area (Å²) in [6, 6.07) is 25.0. The van der Waals surface area contributed by atoms with Gasteiger partial charge in [-0.15, -0.1) is 11.8 Å². The molecule has 1 aromatic heterocycles. The van der Waals surface area contributed by atoms with Gasteiger partial charge in [-0.1, -0.05) is 72.3 Å². The zero-order chi connectivity index (χ0) is 29.1. The summed E-state index contributed by atoms with van der Waals surface area (Å²) in [6.07, 6.45) is 1.88. The van der Waals surface area contributed by atoms with Crippen LogP contribution in [0.15, 0.2) is 78.9 Å². The number of anilines is 1. The number of para-hydroxylation sites is 2. The number of rotatable bonds is 8. The van der Waals surface area contributed by atoms with Crippen molar-refractivity contribution in [2.45, 2.75) is 24.2 Å². The highest BCUT2D eigenvalue weighted by Gasteiger charge is 2.39. The fourth-order valence-corrected chi connectivity index (χ4v) is 6.92. The summed E-state index contributed by atoms with van der Waals surface area (Å²) in [7, 11) is 1.64. The Morgan fingerprint density at radius 2 is 1.86 bits per heavy atom. The minimum absolute atomic E-state index is 0.00633. The molecule has 0 spiro atoms. The number of benzene rings is 3. The summed E-state index contributed by atoms with van der Waals surface area (Å²) in [5, 5.41) is 8.24. The van der Waals surface area contributed by atoms with Crippen LogP contribution in [0.3, 0.4) is 0 Å². The summed E-state index contributed by atoms with van der Waals surface area (Å²) in [6.45, 7) is 0.947. The highest BCUT2D eigenvalue weighted by molar-refractivity contribution is 8.00. The molecule has 216 valence electrons. The number of fused-ring (bicyclic) bond motifs is 1. The van der Waals surface area contributed by atoms with Crippen LogP contribution < -0.4 is 15.0 Å². The van der Waals surface area contributed by atoms with Gasteiger partial charge in [-0.2, -0.15) is 5.10 Å². The summed E-state index contributed by atoms with van der Waals surface area (Å²) in [5.74, 6) is 0.922. The molecule has 0 bridgehead atoms. The molecule has 0 radical (unpaired) electrons. The third-order valence-corrected chi connectivity index (χ3v) is 9.05. The molecule has 2 unspecified atom stereocenters. The highest BCUT2D eigenvalue weighted by atomic mass is 35.5. The number of halogens is 1. The van der Waals surface area contributed by atoms with Gasteiger partial charge in [-0.05, 0) is 31.0 Å². The van der Waals surface area contributed by atoms with Gasteiger partial charge in [0.25, 0.3) is 0 Å². The Bertz CT molecular complexity index is 1590. The molecular weight excluding hydrogens is 572 g/mol. The number of amides is 2. The molecule has 1 saturated heterocycles. The molecule has 0 saturated carbocycles. The fraction of sp³-hybridized carbons (Fsp3) is 0.281. The molecule has 3 aromatic carbocycles. The number of nitrogens with one attached hydrogen (secondary N) is 1. The molecule has 1 fully saturated rings. The van der Waals surface area contributed by atoms with Crippen LogP contribution in [0, 0.1) is 0 Å². The molecule has 2 amide bonds. The Kier molecular flexibility index (Phi) is 8.51. The number of carbonyl (C=O) groups excluding carboxylic acids is 2. The van der Waals surface area contributed by atoms with Gasteiger partial charge >= 0.3 is 0 Å². The number of thioether (sulfide) groups is 1. The van der Waals surface area contributed by atoms with Crippen molar-refractivity contribution in [2.75, 3.05) is 37.5 Å². The average Bonchev–Trinajstić information content (AvgIpc) is 3.66. The number of ether oxygens (including phenoxy) is 2. The summed E-state index contributed by atoms with van der Waals surface area (Å²) >= 11 is 8.22. The van der Waals surface area contributed by atoms with Crippen molar-refractivity contribution in [1.29, 1.82) is 0 Å². The molecule has 4 aromatic rings. The zero-order valence-electron chi connectivity index (χ0n) is 23.2. The Morgan fingerprint density at radius 1 is 1.10 bits per heavy atom. The molecule has 1 N–H and O–H groups in total. The van der Waals surface area contributed by atoms with Crippen molar-refractivity contribution in [3.05, 3.63) is 95.0 Å². The van der Waals surface area contributed by atoms with Crippen molar-refractivity contribution in [2.24, 2.45) is 0 Å². The first-order valence-corrected chi connectivity index (χ1v) is 15.3. The second-order valence-electron chi connectivity index (χ2n) is 10.2. The first-order chi connectivity index (χ1) is 20.5. The second-order valence-corrected chi connectivity index (χ2v) is 11.7. The Morgan fingerprint density at radius 3 is 2.62 bits per heavy atom.